The van der Waals surface area contributed by atoms with Gasteiger partial charge in [0, 0.05) is 23.5 Å². The van der Waals surface area contributed by atoms with E-state index in [2.05, 4.69) is 73.3 Å². The van der Waals surface area contributed by atoms with Gasteiger partial charge in [-0.2, -0.15) is 0 Å². The molecule has 2 aromatic carbocycles. The molecular weight excluding hydrogens is 308 g/mol. The number of rotatable bonds is 8. The van der Waals surface area contributed by atoms with E-state index in [1.54, 1.807) is 0 Å². The average Bonchev–Trinajstić information content (AvgIpc) is 2.67. The third-order valence-corrected chi connectivity index (χ3v) is 4.70. The van der Waals surface area contributed by atoms with Crippen LogP contribution in [0.15, 0.2) is 47.6 Å². The monoisotopic (exact) mass is 338 g/mol. The van der Waals surface area contributed by atoms with Gasteiger partial charge in [-0.15, -0.1) is 0 Å². The Morgan fingerprint density at radius 1 is 1.00 bits per heavy atom. The normalized spacial score (nSPS) is 11.6. The molecule has 1 N–H and O–H groups in total. The molecule has 0 aromatic heterocycles. The first kappa shape index (κ1) is 19.0. The molecule has 0 aliphatic rings. The van der Waals surface area contributed by atoms with E-state index in [9.17, 15) is 5.21 Å². The zero-order valence-electron chi connectivity index (χ0n) is 15.9. The van der Waals surface area contributed by atoms with Crippen molar-refractivity contribution in [2.24, 2.45) is 5.16 Å². The maximum atomic E-state index is 9.30. The van der Waals surface area contributed by atoms with Gasteiger partial charge in [0.05, 0.1) is 5.71 Å². The fraction of sp³-hybridized carbons (Fsp3) is 0.409. The summed E-state index contributed by atoms with van der Waals surface area (Å²) < 4.78 is 0. The lowest BCUT2D eigenvalue weighted by Gasteiger charge is -2.28. The van der Waals surface area contributed by atoms with E-state index in [1.165, 1.54) is 22.5 Å². The highest BCUT2D eigenvalue weighted by Gasteiger charge is 2.16. The van der Waals surface area contributed by atoms with Gasteiger partial charge >= 0.3 is 0 Å². The quantitative estimate of drug-likeness (QED) is 0.367. The molecule has 25 heavy (non-hydrogen) atoms. The Balaban J connectivity index is 2.62. The maximum Gasteiger partial charge on any atom is 0.0840 e. The van der Waals surface area contributed by atoms with Gasteiger partial charge in [0.2, 0.25) is 0 Å². The molecule has 0 saturated carbocycles. The molecule has 0 atom stereocenters. The molecule has 0 aliphatic heterocycles. The Morgan fingerprint density at radius 3 is 2.24 bits per heavy atom. The first-order valence-corrected chi connectivity index (χ1v) is 9.33. The number of anilines is 2. The van der Waals surface area contributed by atoms with Gasteiger partial charge in [-0.1, -0.05) is 56.6 Å². The predicted molar refractivity (Wildman–Crippen MR) is 108 cm³/mol. The molecule has 3 heteroatoms. The van der Waals surface area contributed by atoms with Gasteiger partial charge in [-0.05, 0) is 55.5 Å². The molecule has 0 unspecified atom stereocenters. The number of oxime groups is 1. The van der Waals surface area contributed by atoms with Crippen molar-refractivity contribution in [2.45, 2.75) is 53.4 Å². The van der Waals surface area contributed by atoms with E-state index in [4.69, 9.17) is 0 Å². The Morgan fingerprint density at radius 2 is 1.68 bits per heavy atom. The molecule has 3 nitrogen and oxygen atoms in total. The minimum absolute atomic E-state index is 0.671. The lowest BCUT2D eigenvalue weighted by Crippen LogP contribution is -2.20. The van der Waals surface area contributed by atoms with Crippen LogP contribution in [0.5, 0.6) is 0 Å². The molecule has 0 heterocycles. The van der Waals surface area contributed by atoms with E-state index in [0.29, 0.717) is 5.71 Å². The van der Waals surface area contributed by atoms with E-state index >= 15 is 0 Å². The van der Waals surface area contributed by atoms with Crippen molar-refractivity contribution in [2.75, 3.05) is 11.4 Å². The number of hydrogen-bond acceptors (Lipinski definition) is 3. The van der Waals surface area contributed by atoms with E-state index in [1.807, 2.05) is 6.92 Å². The molecule has 0 saturated heterocycles. The van der Waals surface area contributed by atoms with Crippen LogP contribution in [0.4, 0.5) is 11.4 Å². The number of hydrogen-bond donors (Lipinski definition) is 1. The largest absolute Gasteiger partial charge is 0.411 e. The van der Waals surface area contributed by atoms with Gasteiger partial charge in [-0.25, -0.2) is 0 Å². The Kier molecular flexibility index (Phi) is 7.05. The molecule has 0 radical (unpaired) electrons. The van der Waals surface area contributed by atoms with Gasteiger partial charge < -0.3 is 10.1 Å². The van der Waals surface area contributed by atoms with Crippen molar-refractivity contribution in [1.29, 1.82) is 0 Å². The summed E-state index contributed by atoms with van der Waals surface area (Å²) in [5.41, 5.74) is 6.71. The van der Waals surface area contributed by atoms with Gasteiger partial charge in [-0.3, -0.25) is 0 Å². The topological polar surface area (TPSA) is 35.8 Å². The van der Waals surface area contributed by atoms with Crippen LogP contribution in [-0.2, 0) is 12.8 Å². The highest BCUT2D eigenvalue weighted by Crippen LogP contribution is 2.32. The van der Waals surface area contributed by atoms with Crippen LogP contribution < -0.4 is 4.90 Å². The molecule has 0 amide bonds. The summed E-state index contributed by atoms with van der Waals surface area (Å²) in [7, 11) is 0. The van der Waals surface area contributed by atoms with Crippen molar-refractivity contribution in [1.82, 2.24) is 0 Å². The van der Waals surface area contributed by atoms with Gasteiger partial charge in [0.25, 0.3) is 0 Å². The first-order valence-electron chi connectivity index (χ1n) is 9.33. The number of benzene rings is 2. The summed E-state index contributed by atoms with van der Waals surface area (Å²) in [6, 6.07) is 15.0. The predicted octanol–water partition coefficient (Wildman–Crippen LogP) is 5.95. The second-order valence-corrected chi connectivity index (χ2v) is 6.37. The number of para-hydroxylation sites is 1. The van der Waals surface area contributed by atoms with E-state index < -0.39 is 0 Å². The standard InChI is InChI=1S/C22H30N2O/c1-5-8-14-24(20-12-10-9-11-13-20)22-16-21(17(4)23-25)18(6-2)15-19(22)7-3/h9-13,15-16,25H,5-8,14H2,1-4H3/b23-17+. The van der Waals surface area contributed by atoms with Crippen LogP contribution in [0.2, 0.25) is 0 Å². The minimum atomic E-state index is 0.671. The lowest BCUT2D eigenvalue weighted by molar-refractivity contribution is 0.319. The first-order chi connectivity index (χ1) is 12.2. The van der Waals surface area contributed by atoms with Crippen LogP contribution in [0.25, 0.3) is 0 Å². The fourth-order valence-corrected chi connectivity index (χ4v) is 3.21. The maximum absolute atomic E-state index is 9.30. The smallest absolute Gasteiger partial charge is 0.0840 e. The minimum Gasteiger partial charge on any atom is -0.411 e. The summed E-state index contributed by atoms with van der Waals surface area (Å²) in [4.78, 5) is 2.40. The number of nitrogens with zero attached hydrogens (tertiary/aromatic N) is 2. The molecular formula is C22H30N2O. The Hall–Kier alpha value is -2.29. The third kappa shape index (κ3) is 4.41. The second kappa shape index (κ2) is 9.26. The molecule has 0 aliphatic carbocycles. The molecule has 0 bridgehead atoms. The highest BCUT2D eigenvalue weighted by molar-refractivity contribution is 6.01. The fourth-order valence-electron chi connectivity index (χ4n) is 3.21. The summed E-state index contributed by atoms with van der Waals surface area (Å²) in [6.07, 6.45) is 4.20. The number of aryl methyl sites for hydroxylation is 2. The van der Waals surface area contributed by atoms with E-state index in [-0.39, 0.29) is 0 Å². The van der Waals surface area contributed by atoms with E-state index in [0.717, 1.165) is 37.8 Å². The Bertz CT molecular complexity index is 707. The zero-order chi connectivity index (χ0) is 18.2. The number of unbranched alkanes of at least 4 members (excludes halogenated alkanes) is 1. The lowest BCUT2D eigenvalue weighted by atomic mass is 9.95. The van der Waals surface area contributed by atoms with Crippen LogP contribution >= 0.6 is 0 Å². The van der Waals surface area contributed by atoms with Crippen molar-refractivity contribution in [3.05, 3.63) is 59.2 Å². The summed E-state index contributed by atoms with van der Waals surface area (Å²) in [6.45, 7) is 9.41. The van der Waals surface area contributed by atoms with Crippen LogP contribution in [0.1, 0.15) is 57.2 Å². The van der Waals surface area contributed by atoms with Crippen molar-refractivity contribution in [3.63, 3.8) is 0 Å². The summed E-state index contributed by atoms with van der Waals surface area (Å²) in [5, 5.41) is 12.8. The summed E-state index contributed by atoms with van der Waals surface area (Å²) >= 11 is 0. The second-order valence-electron chi connectivity index (χ2n) is 6.37. The van der Waals surface area contributed by atoms with Gasteiger partial charge in [0.1, 0.15) is 0 Å². The zero-order valence-corrected chi connectivity index (χ0v) is 15.9. The van der Waals surface area contributed by atoms with Gasteiger partial charge in [0.15, 0.2) is 0 Å². The third-order valence-electron chi connectivity index (χ3n) is 4.70. The van der Waals surface area contributed by atoms with Crippen molar-refractivity contribution < 1.29 is 5.21 Å². The Labute approximate surface area is 152 Å². The molecule has 0 fully saturated rings. The molecule has 2 aromatic rings. The van der Waals surface area contributed by atoms with Crippen LogP contribution in [0, 0.1) is 0 Å². The molecule has 0 spiro atoms. The average molecular weight is 338 g/mol. The van der Waals surface area contributed by atoms with Crippen LogP contribution in [-0.4, -0.2) is 17.5 Å². The van der Waals surface area contributed by atoms with Crippen LogP contribution in [0.3, 0.4) is 0 Å². The van der Waals surface area contributed by atoms with Crippen molar-refractivity contribution in [3.8, 4) is 0 Å². The highest BCUT2D eigenvalue weighted by atomic mass is 16.4. The molecule has 134 valence electrons. The SMILES string of the molecule is CCCCN(c1ccccc1)c1cc(/C(C)=N/O)c(CC)cc1CC. The van der Waals surface area contributed by atoms with Crippen molar-refractivity contribution >= 4 is 17.1 Å². The molecule has 2 rings (SSSR count). The summed E-state index contributed by atoms with van der Waals surface area (Å²) in [5.74, 6) is 0.